The zero-order chi connectivity index (χ0) is 20.0. The van der Waals surface area contributed by atoms with E-state index in [1.54, 1.807) is 12.1 Å². The number of anilines is 2. The van der Waals surface area contributed by atoms with E-state index in [2.05, 4.69) is 34.1 Å². The van der Waals surface area contributed by atoms with Crippen LogP contribution in [0, 0.1) is 47.3 Å². The molecule has 4 heteroatoms. The Morgan fingerprint density at radius 2 is 1.03 bits per heavy atom. The highest BCUT2D eigenvalue weighted by molar-refractivity contribution is 5.54. The lowest BCUT2D eigenvalue weighted by atomic mass is 9.40. The second kappa shape index (κ2) is 5.96. The number of hydrogen-bond donors (Lipinski definition) is 2. The van der Waals surface area contributed by atoms with Crippen LogP contribution in [0.25, 0.3) is 0 Å². The molecule has 2 aromatic carbocycles. The van der Waals surface area contributed by atoms with E-state index >= 15 is 0 Å². The summed E-state index contributed by atoms with van der Waals surface area (Å²) in [5.41, 5.74) is 2.35. The molecule has 154 valence electrons. The van der Waals surface area contributed by atoms with Gasteiger partial charge in [-0.1, -0.05) is 24.3 Å². The van der Waals surface area contributed by atoms with Gasteiger partial charge < -0.3 is 20.0 Å². The summed E-state index contributed by atoms with van der Waals surface area (Å²) in [6.45, 7) is 4.52. The first-order valence-corrected chi connectivity index (χ1v) is 11.4. The quantitative estimate of drug-likeness (QED) is 0.749. The highest BCUT2D eigenvalue weighted by Crippen LogP contribution is 2.67. The number of allylic oxidation sites excluding steroid dienone is 2. The van der Waals surface area contributed by atoms with Gasteiger partial charge in [-0.2, -0.15) is 0 Å². The van der Waals surface area contributed by atoms with Gasteiger partial charge in [0.05, 0.1) is 0 Å². The van der Waals surface area contributed by atoms with Crippen LogP contribution >= 0.6 is 0 Å². The summed E-state index contributed by atoms with van der Waals surface area (Å²) in [5.74, 6) is 6.90. The van der Waals surface area contributed by atoms with Gasteiger partial charge in [-0.25, -0.2) is 0 Å². The molecule has 6 aliphatic rings. The molecule has 2 aliphatic heterocycles. The van der Waals surface area contributed by atoms with E-state index in [0.29, 0.717) is 23.3 Å². The highest BCUT2D eigenvalue weighted by Gasteiger charge is 2.66. The molecule has 4 nitrogen and oxygen atoms in total. The molecular weight excluding hydrogens is 372 g/mol. The van der Waals surface area contributed by atoms with Gasteiger partial charge in [0.1, 0.15) is 11.5 Å². The van der Waals surface area contributed by atoms with Gasteiger partial charge in [-0.05, 0) is 71.6 Å². The Hall–Kier alpha value is -2.62. The van der Waals surface area contributed by atoms with Crippen LogP contribution < -0.4 is 9.80 Å². The lowest BCUT2D eigenvalue weighted by Gasteiger charge is -2.63. The van der Waals surface area contributed by atoms with Crippen molar-refractivity contribution in [3.05, 3.63) is 60.7 Å². The topological polar surface area (TPSA) is 46.9 Å². The molecular formula is C26H28N2O2. The minimum Gasteiger partial charge on any atom is -0.508 e. The van der Waals surface area contributed by atoms with Crippen molar-refractivity contribution < 1.29 is 10.2 Å². The van der Waals surface area contributed by atoms with E-state index in [1.165, 1.54) is 11.4 Å². The van der Waals surface area contributed by atoms with Crippen LogP contribution in [0.5, 0.6) is 11.5 Å². The average Bonchev–Trinajstić information content (AvgIpc) is 3.35. The molecule has 2 saturated heterocycles. The third-order valence-corrected chi connectivity index (χ3v) is 9.08. The Bertz CT molecular complexity index is 999. The molecule has 2 saturated carbocycles. The molecule has 2 bridgehead atoms. The lowest BCUT2D eigenvalue weighted by molar-refractivity contribution is -0.119. The molecule has 2 N–H and O–H groups in total. The van der Waals surface area contributed by atoms with Gasteiger partial charge in [0, 0.05) is 49.7 Å². The summed E-state index contributed by atoms with van der Waals surface area (Å²) in [4.78, 5) is 5.03. The fourth-order valence-electron chi connectivity index (χ4n) is 8.02. The molecule has 2 aromatic rings. The van der Waals surface area contributed by atoms with E-state index in [0.717, 1.165) is 61.7 Å². The van der Waals surface area contributed by atoms with Gasteiger partial charge in [-0.3, -0.25) is 0 Å². The number of fused-ring (bicyclic) bond motifs is 1. The summed E-state index contributed by atoms with van der Waals surface area (Å²) >= 11 is 0. The predicted molar refractivity (Wildman–Crippen MR) is 118 cm³/mol. The molecule has 8 rings (SSSR count). The smallest absolute Gasteiger partial charge is 0.117 e. The zero-order valence-corrected chi connectivity index (χ0v) is 17.0. The first kappa shape index (κ1) is 17.1. The Morgan fingerprint density at radius 3 is 1.47 bits per heavy atom. The summed E-state index contributed by atoms with van der Waals surface area (Å²) < 4.78 is 0. The Kier molecular flexibility index (Phi) is 3.40. The van der Waals surface area contributed by atoms with Gasteiger partial charge in [0.2, 0.25) is 0 Å². The molecule has 0 spiro atoms. The van der Waals surface area contributed by atoms with Gasteiger partial charge in [0.15, 0.2) is 0 Å². The molecule has 0 radical (unpaired) electrons. The summed E-state index contributed by atoms with van der Waals surface area (Å²) in [6, 6.07) is 15.6. The normalized spacial score (nSPS) is 40.1. The average molecular weight is 401 g/mol. The second-order valence-corrected chi connectivity index (χ2v) is 10.2. The van der Waals surface area contributed by atoms with Crippen LogP contribution in [0.15, 0.2) is 60.7 Å². The van der Waals surface area contributed by atoms with Crippen molar-refractivity contribution in [3.8, 4) is 11.5 Å². The van der Waals surface area contributed by atoms with Crippen LogP contribution in [0.2, 0.25) is 0 Å². The Morgan fingerprint density at radius 1 is 0.600 bits per heavy atom. The van der Waals surface area contributed by atoms with E-state index in [4.69, 9.17) is 0 Å². The van der Waals surface area contributed by atoms with Crippen molar-refractivity contribution in [2.75, 3.05) is 36.0 Å². The van der Waals surface area contributed by atoms with Gasteiger partial charge in [-0.15, -0.1) is 0 Å². The molecule has 30 heavy (non-hydrogen) atoms. The van der Waals surface area contributed by atoms with Crippen LogP contribution in [0.1, 0.15) is 0 Å². The fraction of sp³-hybridized carbons (Fsp3) is 0.462. The summed E-state index contributed by atoms with van der Waals surface area (Å²) in [7, 11) is 0. The first-order chi connectivity index (χ1) is 14.7. The standard InChI is InChI=1S/C26H28N2O2/c29-17-5-1-3-15(9-17)27-11-21-19-7-8-20(22(21)12-27)26-24-14-28(13-23(24)25(19)26)16-4-2-6-18(30)10-16/h1-10,19-26,29-30H,11-14H2/t19-,20+,21-,22+,23+,24-,25-,26-/m1/s1. The summed E-state index contributed by atoms with van der Waals surface area (Å²) in [6.07, 6.45) is 5.12. The molecule has 0 amide bonds. The maximum atomic E-state index is 9.93. The number of nitrogens with zero attached hydrogens (tertiary/aromatic N) is 2. The molecule has 8 atom stereocenters. The Labute approximate surface area is 177 Å². The van der Waals surface area contributed by atoms with Gasteiger partial charge in [0.25, 0.3) is 0 Å². The third kappa shape index (κ3) is 2.22. The second-order valence-electron chi connectivity index (χ2n) is 10.2. The van der Waals surface area contributed by atoms with Crippen LogP contribution in [-0.2, 0) is 0 Å². The third-order valence-electron chi connectivity index (χ3n) is 9.08. The van der Waals surface area contributed by atoms with Crippen molar-refractivity contribution in [3.63, 3.8) is 0 Å². The van der Waals surface area contributed by atoms with Crippen molar-refractivity contribution in [1.82, 2.24) is 0 Å². The maximum Gasteiger partial charge on any atom is 0.117 e. The highest BCUT2D eigenvalue weighted by atomic mass is 16.3. The van der Waals surface area contributed by atoms with E-state index < -0.39 is 0 Å². The Balaban J connectivity index is 1.14. The van der Waals surface area contributed by atoms with Crippen LogP contribution in [-0.4, -0.2) is 36.4 Å². The van der Waals surface area contributed by atoms with E-state index in [-0.39, 0.29) is 0 Å². The van der Waals surface area contributed by atoms with E-state index in [9.17, 15) is 10.2 Å². The summed E-state index contributed by atoms with van der Waals surface area (Å²) in [5, 5.41) is 19.8. The van der Waals surface area contributed by atoms with Crippen molar-refractivity contribution in [1.29, 1.82) is 0 Å². The van der Waals surface area contributed by atoms with E-state index in [1.807, 2.05) is 24.3 Å². The number of hydrogen-bond acceptors (Lipinski definition) is 4. The number of phenolic OH excluding ortho intramolecular Hbond substituents is 2. The zero-order valence-electron chi connectivity index (χ0n) is 17.0. The van der Waals surface area contributed by atoms with Gasteiger partial charge >= 0.3 is 0 Å². The monoisotopic (exact) mass is 400 g/mol. The molecule has 4 aliphatic carbocycles. The molecule has 0 aromatic heterocycles. The van der Waals surface area contributed by atoms with Crippen molar-refractivity contribution in [2.45, 2.75) is 0 Å². The molecule has 0 unspecified atom stereocenters. The number of benzene rings is 2. The lowest BCUT2D eigenvalue weighted by Crippen LogP contribution is -2.61. The first-order valence-electron chi connectivity index (χ1n) is 11.4. The van der Waals surface area contributed by atoms with Crippen LogP contribution in [0.4, 0.5) is 11.4 Å². The minimum atomic E-state index is 0.366. The number of phenols is 2. The SMILES string of the molecule is Oc1cccc(N2C[C@@H]3[C@H]4C=C[C@@H]([C@@H]3C2)[C@@H]2[C@@H]3CN(c5cccc(O)c5)C[C@@H]3[C@@H]42)c1. The number of aromatic hydroxyl groups is 2. The fourth-order valence-corrected chi connectivity index (χ4v) is 8.02. The molecule has 2 heterocycles. The minimum absolute atomic E-state index is 0.366. The largest absolute Gasteiger partial charge is 0.508 e. The van der Waals surface area contributed by atoms with Crippen molar-refractivity contribution >= 4 is 11.4 Å². The predicted octanol–water partition coefficient (Wildman–Crippen LogP) is 3.96. The van der Waals surface area contributed by atoms with Crippen LogP contribution in [0.3, 0.4) is 0 Å². The maximum absolute atomic E-state index is 9.93. The number of rotatable bonds is 2. The van der Waals surface area contributed by atoms with Crippen molar-refractivity contribution in [2.24, 2.45) is 47.3 Å². The molecule has 4 fully saturated rings.